The Kier molecular flexibility index (Phi) is 23.9. The van der Waals surface area contributed by atoms with Gasteiger partial charge in [0.2, 0.25) is 0 Å². The second kappa shape index (κ2) is 23.6. The maximum absolute atomic E-state index is 3.38. The third-order valence-electron chi connectivity index (χ3n) is 7.60. The van der Waals surface area contributed by atoms with Crippen LogP contribution in [0.25, 0.3) is 0 Å². The van der Waals surface area contributed by atoms with Crippen LogP contribution in [0.5, 0.6) is 0 Å². The molecule has 0 rings (SSSR count). The van der Waals surface area contributed by atoms with Crippen molar-refractivity contribution < 1.29 is 0 Å². The minimum Gasteiger partial charge on any atom is -0.131 e. The summed E-state index contributed by atoms with van der Waals surface area (Å²) in [5, 5.41) is 0.526. The molecule has 0 aromatic heterocycles. The van der Waals surface area contributed by atoms with Gasteiger partial charge in [0.25, 0.3) is 0 Å². The molecule has 0 nitrogen and oxygen atoms in total. The van der Waals surface area contributed by atoms with Gasteiger partial charge in [-0.2, -0.15) is 0 Å². The Morgan fingerprint density at radius 2 is 0.774 bits per heavy atom. The molecule has 0 amide bonds. The zero-order valence-electron chi connectivity index (χ0n) is 22.6. The van der Waals surface area contributed by atoms with Crippen molar-refractivity contribution in [3.63, 3.8) is 0 Å². The second-order valence-corrected chi connectivity index (χ2v) is 11.8. The van der Waals surface area contributed by atoms with Gasteiger partial charge in [-0.15, -0.1) is 9.24 Å². The number of hydrogen-bond donors (Lipinski definition) is 0. The molecule has 0 aliphatic rings. The van der Waals surface area contributed by atoms with Crippen molar-refractivity contribution in [3.05, 3.63) is 0 Å². The molecule has 0 aromatic carbocycles. The molecule has 0 fully saturated rings. The van der Waals surface area contributed by atoms with Crippen LogP contribution in [0.4, 0.5) is 0 Å². The highest BCUT2D eigenvalue weighted by molar-refractivity contribution is 7.19. The van der Waals surface area contributed by atoms with E-state index in [0.29, 0.717) is 5.16 Å². The fraction of sp³-hybridized carbons (Fsp3) is 1.00. The molecule has 0 radical (unpaired) electrons. The van der Waals surface area contributed by atoms with Crippen molar-refractivity contribution in [2.24, 2.45) is 5.92 Å². The summed E-state index contributed by atoms with van der Waals surface area (Å²) < 4.78 is 0. The third-order valence-corrected chi connectivity index (χ3v) is 8.65. The van der Waals surface area contributed by atoms with Crippen LogP contribution in [0.1, 0.15) is 182 Å². The van der Waals surface area contributed by atoms with E-state index in [1.54, 1.807) is 0 Å². The molecule has 188 valence electrons. The first-order chi connectivity index (χ1) is 15.1. The lowest BCUT2D eigenvalue weighted by Gasteiger charge is -2.38. The molecule has 1 heteroatoms. The van der Waals surface area contributed by atoms with E-state index in [2.05, 4.69) is 36.9 Å². The standard InChI is InChI=1S/C30H63P/c1-5-9-12-13-14-15-16-17-18-19-20-21-22-23-24-26-29(25-8-4)30(31,27-10-6-2)28-11-7-3/h29H,5-28,31H2,1-4H3. The smallest absolute Gasteiger partial charge is 0.0122 e. The van der Waals surface area contributed by atoms with E-state index < -0.39 is 0 Å². The van der Waals surface area contributed by atoms with Gasteiger partial charge in [-0.05, 0) is 36.8 Å². The van der Waals surface area contributed by atoms with Crippen LogP contribution in [0, 0.1) is 5.92 Å². The molecule has 0 bridgehead atoms. The summed E-state index contributed by atoms with van der Waals surface area (Å²) in [4.78, 5) is 0. The molecule has 31 heavy (non-hydrogen) atoms. The van der Waals surface area contributed by atoms with E-state index in [1.165, 1.54) is 154 Å². The predicted molar refractivity (Wildman–Crippen MR) is 149 cm³/mol. The Balaban J connectivity index is 3.81. The summed E-state index contributed by atoms with van der Waals surface area (Å²) in [6.45, 7) is 9.41. The van der Waals surface area contributed by atoms with E-state index >= 15 is 0 Å². The maximum atomic E-state index is 3.38. The molecule has 0 aliphatic carbocycles. The highest BCUT2D eigenvalue weighted by atomic mass is 31.0. The Labute approximate surface area is 202 Å². The molecule has 0 N–H and O–H groups in total. The lowest BCUT2D eigenvalue weighted by atomic mass is 9.77. The topological polar surface area (TPSA) is 0 Å². The number of unbranched alkanes of at least 4 members (excludes halogenated alkanes) is 16. The van der Waals surface area contributed by atoms with E-state index in [9.17, 15) is 0 Å². The van der Waals surface area contributed by atoms with Crippen molar-refractivity contribution in [2.75, 3.05) is 0 Å². The van der Waals surface area contributed by atoms with Gasteiger partial charge in [0, 0.05) is 0 Å². The summed E-state index contributed by atoms with van der Waals surface area (Å²) in [6, 6.07) is 0. The quantitative estimate of drug-likeness (QED) is 0.0950. The molecule has 2 unspecified atom stereocenters. The number of rotatable bonds is 25. The van der Waals surface area contributed by atoms with Crippen LogP contribution >= 0.6 is 9.24 Å². The first-order valence-corrected chi connectivity index (χ1v) is 15.5. The fourth-order valence-electron chi connectivity index (χ4n) is 5.37. The van der Waals surface area contributed by atoms with E-state index in [1.807, 2.05) is 0 Å². The fourth-order valence-corrected chi connectivity index (χ4v) is 6.12. The van der Waals surface area contributed by atoms with Crippen LogP contribution in [0.3, 0.4) is 0 Å². The van der Waals surface area contributed by atoms with Crippen molar-refractivity contribution in [2.45, 2.75) is 187 Å². The van der Waals surface area contributed by atoms with Crippen LogP contribution in [-0.2, 0) is 0 Å². The van der Waals surface area contributed by atoms with Crippen molar-refractivity contribution in [3.8, 4) is 0 Å². The summed E-state index contributed by atoms with van der Waals surface area (Å²) in [6.07, 6.45) is 34.7. The average molecular weight is 455 g/mol. The molecular formula is C30H63P. The Morgan fingerprint density at radius 3 is 1.13 bits per heavy atom. The molecule has 0 aliphatic heterocycles. The highest BCUT2D eigenvalue weighted by Gasteiger charge is 2.32. The summed E-state index contributed by atoms with van der Waals surface area (Å²) in [5.41, 5.74) is 0. The van der Waals surface area contributed by atoms with Crippen molar-refractivity contribution >= 4 is 9.24 Å². The van der Waals surface area contributed by atoms with E-state index in [-0.39, 0.29) is 0 Å². The normalized spacial score (nSPS) is 13.1. The minimum atomic E-state index is 0.526. The summed E-state index contributed by atoms with van der Waals surface area (Å²) >= 11 is 0. The minimum absolute atomic E-state index is 0.526. The average Bonchev–Trinajstić information content (AvgIpc) is 2.78. The zero-order valence-corrected chi connectivity index (χ0v) is 23.8. The SMILES string of the molecule is CCCCCCCCCCCCCCCCCC(CCC)C(P)(CCCC)CCCC. The largest absolute Gasteiger partial charge is 0.131 e. The van der Waals surface area contributed by atoms with E-state index in [0.717, 1.165) is 5.92 Å². The Bertz CT molecular complexity index is 329. The van der Waals surface area contributed by atoms with Gasteiger partial charge in [-0.25, -0.2) is 0 Å². The molecular weight excluding hydrogens is 391 g/mol. The summed E-state index contributed by atoms with van der Waals surface area (Å²) in [7, 11) is 3.38. The zero-order chi connectivity index (χ0) is 23.0. The van der Waals surface area contributed by atoms with Crippen LogP contribution in [0.15, 0.2) is 0 Å². The second-order valence-electron chi connectivity index (χ2n) is 10.7. The van der Waals surface area contributed by atoms with Crippen LogP contribution < -0.4 is 0 Å². The van der Waals surface area contributed by atoms with Crippen molar-refractivity contribution in [1.82, 2.24) is 0 Å². The lowest BCUT2D eigenvalue weighted by Crippen LogP contribution is -2.31. The molecule has 0 heterocycles. The van der Waals surface area contributed by atoms with Crippen molar-refractivity contribution in [1.29, 1.82) is 0 Å². The monoisotopic (exact) mass is 454 g/mol. The first kappa shape index (κ1) is 31.4. The predicted octanol–water partition coefficient (Wildman–Crippen LogP) is 11.7. The van der Waals surface area contributed by atoms with Gasteiger partial charge in [0.05, 0.1) is 0 Å². The lowest BCUT2D eigenvalue weighted by molar-refractivity contribution is 0.278. The summed E-state index contributed by atoms with van der Waals surface area (Å²) in [5.74, 6) is 0.933. The third kappa shape index (κ3) is 18.5. The molecule has 0 spiro atoms. The van der Waals surface area contributed by atoms with Gasteiger partial charge >= 0.3 is 0 Å². The van der Waals surface area contributed by atoms with Gasteiger partial charge in [-0.1, -0.05) is 156 Å². The van der Waals surface area contributed by atoms with Gasteiger partial charge in [-0.3, -0.25) is 0 Å². The maximum Gasteiger partial charge on any atom is -0.0122 e. The molecule has 0 saturated heterocycles. The first-order valence-electron chi connectivity index (χ1n) is 14.9. The molecule has 0 saturated carbocycles. The van der Waals surface area contributed by atoms with Gasteiger partial charge in [0.15, 0.2) is 0 Å². The van der Waals surface area contributed by atoms with Gasteiger partial charge < -0.3 is 0 Å². The molecule has 2 atom stereocenters. The Morgan fingerprint density at radius 1 is 0.419 bits per heavy atom. The Hall–Kier alpha value is 0.430. The van der Waals surface area contributed by atoms with Crippen LogP contribution in [0.2, 0.25) is 0 Å². The van der Waals surface area contributed by atoms with E-state index in [4.69, 9.17) is 0 Å². The highest BCUT2D eigenvalue weighted by Crippen LogP contribution is 2.43. The van der Waals surface area contributed by atoms with Crippen LogP contribution in [-0.4, -0.2) is 5.16 Å². The number of hydrogen-bond acceptors (Lipinski definition) is 0. The molecule has 0 aromatic rings. The van der Waals surface area contributed by atoms with Gasteiger partial charge in [0.1, 0.15) is 0 Å².